The van der Waals surface area contributed by atoms with Crippen LogP contribution in [0.1, 0.15) is 32.6 Å². The number of aliphatic hydroxyl groups is 2. The molecule has 136 valence electrons. The zero-order valence-corrected chi connectivity index (χ0v) is 14.6. The molecule has 0 amide bonds. The Morgan fingerprint density at radius 2 is 2.17 bits per heavy atom. The Bertz CT molecular complexity index is 522. The molecule has 24 heavy (non-hydrogen) atoms. The van der Waals surface area contributed by atoms with E-state index in [4.69, 9.17) is 14.6 Å². The number of esters is 1. The molecule has 2 aliphatic carbocycles. The Balaban J connectivity index is 1.55. The van der Waals surface area contributed by atoms with Gasteiger partial charge >= 0.3 is 5.97 Å². The number of epoxide rings is 1. The molecule has 4 aliphatic rings. The number of hydrogen-bond donors (Lipinski definition) is 2. The summed E-state index contributed by atoms with van der Waals surface area (Å²) in [7, 11) is 1.93. The first kappa shape index (κ1) is 16.8. The molecule has 1 spiro atoms. The van der Waals surface area contributed by atoms with Gasteiger partial charge in [0, 0.05) is 19.0 Å². The van der Waals surface area contributed by atoms with E-state index in [0.29, 0.717) is 25.6 Å². The van der Waals surface area contributed by atoms with Crippen LogP contribution in [0, 0.1) is 23.2 Å². The number of likely N-dealkylation sites (N-methyl/N-ethyl adjacent to an activating group) is 1. The molecule has 0 radical (unpaired) electrons. The maximum Gasteiger partial charge on any atom is 0.310 e. The summed E-state index contributed by atoms with van der Waals surface area (Å²) in [5, 5.41) is 19.6. The lowest BCUT2D eigenvalue weighted by Gasteiger charge is -2.53. The second-order valence-corrected chi connectivity index (χ2v) is 8.68. The minimum atomic E-state index is -0.374. The van der Waals surface area contributed by atoms with Crippen LogP contribution in [0.4, 0.5) is 0 Å². The van der Waals surface area contributed by atoms with Gasteiger partial charge in [0.15, 0.2) is 0 Å². The first-order valence-electron chi connectivity index (χ1n) is 9.21. The predicted molar refractivity (Wildman–Crippen MR) is 86.2 cm³/mol. The highest BCUT2D eigenvalue weighted by Crippen LogP contribution is 2.62. The summed E-state index contributed by atoms with van der Waals surface area (Å²) in [6.45, 7) is 4.21. The summed E-state index contributed by atoms with van der Waals surface area (Å²) in [5.41, 5.74) is -0.284. The van der Waals surface area contributed by atoms with Crippen molar-refractivity contribution >= 4 is 5.97 Å². The van der Waals surface area contributed by atoms with Crippen LogP contribution in [0.3, 0.4) is 0 Å². The van der Waals surface area contributed by atoms with Crippen LogP contribution < -0.4 is 0 Å². The highest BCUT2D eigenvalue weighted by molar-refractivity contribution is 5.75. The zero-order valence-electron chi connectivity index (χ0n) is 14.6. The SMILES string of the molecule is CN(CCO)CC1C(=O)O[C@@H]2C[C@@]3(C)CC[C@@H](O)[C@]4(CO4)[C@@H]3C[C@H]12. The molecule has 6 heteroatoms. The van der Waals surface area contributed by atoms with E-state index in [9.17, 15) is 9.90 Å². The van der Waals surface area contributed by atoms with Crippen molar-refractivity contribution in [3.63, 3.8) is 0 Å². The van der Waals surface area contributed by atoms with Gasteiger partial charge in [0.25, 0.3) is 0 Å². The fourth-order valence-electron chi connectivity index (χ4n) is 5.72. The molecular formula is C18H29NO5. The van der Waals surface area contributed by atoms with Gasteiger partial charge in [-0.3, -0.25) is 4.79 Å². The van der Waals surface area contributed by atoms with Crippen molar-refractivity contribution in [2.24, 2.45) is 23.2 Å². The molecule has 1 unspecified atom stereocenters. The van der Waals surface area contributed by atoms with E-state index in [1.54, 1.807) is 0 Å². The van der Waals surface area contributed by atoms with Crippen LogP contribution in [-0.4, -0.2) is 72.2 Å². The molecule has 2 N–H and O–H groups in total. The number of carbonyl (C=O) groups excluding carboxylic acids is 1. The zero-order chi connectivity index (χ0) is 17.1. The van der Waals surface area contributed by atoms with Crippen LogP contribution >= 0.6 is 0 Å². The van der Waals surface area contributed by atoms with Crippen molar-refractivity contribution in [2.45, 2.75) is 50.4 Å². The molecule has 2 saturated heterocycles. The van der Waals surface area contributed by atoms with Gasteiger partial charge in [-0.15, -0.1) is 0 Å². The minimum absolute atomic E-state index is 0.00248. The van der Waals surface area contributed by atoms with Crippen molar-refractivity contribution in [3.8, 4) is 0 Å². The summed E-state index contributed by atoms with van der Waals surface area (Å²) in [5.74, 6) is 0.271. The van der Waals surface area contributed by atoms with Crippen molar-refractivity contribution in [1.29, 1.82) is 0 Å². The Morgan fingerprint density at radius 3 is 2.83 bits per heavy atom. The van der Waals surface area contributed by atoms with E-state index in [-0.39, 0.29) is 47.6 Å². The van der Waals surface area contributed by atoms with Gasteiger partial charge < -0.3 is 24.6 Å². The number of aliphatic hydroxyl groups excluding tert-OH is 2. The summed E-state index contributed by atoms with van der Waals surface area (Å²) < 4.78 is 11.6. The van der Waals surface area contributed by atoms with Gasteiger partial charge in [-0.1, -0.05) is 6.92 Å². The van der Waals surface area contributed by atoms with Gasteiger partial charge in [0.05, 0.1) is 25.2 Å². The highest BCUT2D eigenvalue weighted by atomic mass is 16.6. The number of rotatable bonds is 4. The van der Waals surface area contributed by atoms with Crippen LogP contribution in [0.5, 0.6) is 0 Å². The quantitative estimate of drug-likeness (QED) is 0.570. The number of carbonyl (C=O) groups is 1. The van der Waals surface area contributed by atoms with Gasteiger partial charge in [0.1, 0.15) is 11.7 Å². The molecule has 2 saturated carbocycles. The number of fused-ring (bicyclic) bond motifs is 3. The number of nitrogens with zero attached hydrogens (tertiary/aromatic N) is 1. The van der Waals surface area contributed by atoms with E-state index in [1.807, 2.05) is 11.9 Å². The lowest BCUT2D eigenvalue weighted by atomic mass is 9.52. The second-order valence-electron chi connectivity index (χ2n) is 8.68. The third kappa shape index (κ3) is 2.42. The van der Waals surface area contributed by atoms with Crippen molar-refractivity contribution < 1.29 is 24.5 Å². The first-order valence-corrected chi connectivity index (χ1v) is 9.21. The van der Waals surface area contributed by atoms with Crippen molar-refractivity contribution in [2.75, 3.05) is 33.4 Å². The van der Waals surface area contributed by atoms with E-state index in [1.165, 1.54) is 0 Å². The van der Waals surface area contributed by atoms with E-state index >= 15 is 0 Å². The third-order valence-corrected chi connectivity index (χ3v) is 7.19. The average Bonchev–Trinajstić information content (AvgIpc) is 3.26. The topological polar surface area (TPSA) is 82.5 Å². The molecule has 0 bridgehead atoms. The molecule has 2 aliphatic heterocycles. The Hall–Kier alpha value is -0.690. The Labute approximate surface area is 143 Å². The number of ether oxygens (including phenoxy) is 2. The van der Waals surface area contributed by atoms with Crippen LogP contribution in [-0.2, 0) is 14.3 Å². The van der Waals surface area contributed by atoms with E-state index < -0.39 is 0 Å². The van der Waals surface area contributed by atoms with Crippen LogP contribution in [0.25, 0.3) is 0 Å². The minimum Gasteiger partial charge on any atom is -0.462 e. The summed E-state index contributed by atoms with van der Waals surface area (Å²) in [6, 6.07) is 0. The fraction of sp³-hybridized carbons (Fsp3) is 0.944. The molecule has 0 aromatic rings. The lowest BCUT2D eigenvalue weighted by molar-refractivity contribution is -0.149. The fourth-order valence-corrected chi connectivity index (χ4v) is 5.72. The lowest BCUT2D eigenvalue weighted by Crippen LogP contribution is -2.56. The second kappa shape index (κ2) is 5.66. The summed E-state index contributed by atoms with van der Waals surface area (Å²) in [4.78, 5) is 14.4. The first-order chi connectivity index (χ1) is 11.4. The molecule has 0 aromatic heterocycles. The average molecular weight is 339 g/mol. The molecule has 4 fully saturated rings. The Morgan fingerprint density at radius 1 is 1.42 bits per heavy atom. The van der Waals surface area contributed by atoms with Gasteiger partial charge in [-0.2, -0.15) is 0 Å². The summed E-state index contributed by atoms with van der Waals surface area (Å²) >= 11 is 0. The van der Waals surface area contributed by atoms with Crippen LogP contribution in [0.15, 0.2) is 0 Å². The number of hydrogen-bond acceptors (Lipinski definition) is 6. The maximum atomic E-state index is 12.4. The molecule has 2 heterocycles. The maximum absolute atomic E-state index is 12.4. The highest BCUT2D eigenvalue weighted by Gasteiger charge is 2.68. The summed E-state index contributed by atoms with van der Waals surface area (Å²) in [6.07, 6.45) is 3.15. The van der Waals surface area contributed by atoms with Crippen LogP contribution in [0.2, 0.25) is 0 Å². The molecule has 6 nitrogen and oxygen atoms in total. The Kier molecular flexibility index (Phi) is 3.95. The standard InChI is InChI=1S/C18H29NO5/c1-17-4-3-15(21)18(10-23-18)14(17)7-11-12(9-19(2)5-6-20)16(22)24-13(11)8-17/h11-15,20-21H,3-10H2,1-2H3/t11-,12?,13-,14-,15-,17-,18+/m1/s1. The molecular weight excluding hydrogens is 310 g/mol. The molecule has 0 aromatic carbocycles. The van der Waals surface area contributed by atoms with E-state index in [0.717, 1.165) is 25.7 Å². The van der Waals surface area contributed by atoms with Crippen molar-refractivity contribution in [3.05, 3.63) is 0 Å². The van der Waals surface area contributed by atoms with Crippen molar-refractivity contribution in [1.82, 2.24) is 4.90 Å². The predicted octanol–water partition coefficient (Wildman–Crippen LogP) is 0.408. The third-order valence-electron chi connectivity index (χ3n) is 7.19. The van der Waals surface area contributed by atoms with E-state index in [2.05, 4.69) is 6.92 Å². The molecule has 4 rings (SSSR count). The monoisotopic (exact) mass is 339 g/mol. The van der Waals surface area contributed by atoms with Gasteiger partial charge in [-0.05, 0) is 44.1 Å². The van der Waals surface area contributed by atoms with Gasteiger partial charge in [0.2, 0.25) is 0 Å². The normalized spacial score (nSPS) is 49.9. The molecule has 7 atom stereocenters. The smallest absolute Gasteiger partial charge is 0.310 e. The largest absolute Gasteiger partial charge is 0.462 e. The van der Waals surface area contributed by atoms with Gasteiger partial charge in [-0.25, -0.2) is 0 Å².